The molecule has 1 aliphatic heterocycles. The van der Waals surface area contributed by atoms with Gasteiger partial charge in [-0.2, -0.15) is 0 Å². The Balaban J connectivity index is 1.61. The maximum atomic E-state index is 13.1. The van der Waals surface area contributed by atoms with E-state index < -0.39 is 11.5 Å². The Morgan fingerprint density at radius 2 is 1.86 bits per heavy atom. The number of benzene rings is 1. The Bertz CT molecular complexity index is 1130. The third-order valence-corrected chi connectivity index (χ3v) is 5.92. The standard InChI is InChI=1S/C21H22N4O3S/c1-13-9-14(2)12-24(11-13)19(27)15-5-3-4-6-17(15)23-18(26)16-10-22-21-25(20(16)28)7-8-29-21/h3-8,10,13-14H,9,11-12H2,1-2H3,(H,23,26)/t13-,14-/m0/s1. The van der Waals surface area contributed by atoms with Crippen LogP contribution >= 0.6 is 11.3 Å². The normalized spacial score (nSPS) is 19.3. The van der Waals surface area contributed by atoms with E-state index in [0.29, 0.717) is 41.1 Å². The van der Waals surface area contributed by atoms with Crippen molar-refractivity contribution in [2.75, 3.05) is 18.4 Å². The predicted octanol–water partition coefficient (Wildman–Crippen LogP) is 3.13. The maximum Gasteiger partial charge on any atom is 0.271 e. The number of thiazole rings is 1. The predicted molar refractivity (Wildman–Crippen MR) is 113 cm³/mol. The number of piperidine rings is 1. The van der Waals surface area contributed by atoms with Gasteiger partial charge in [0, 0.05) is 30.9 Å². The molecule has 1 saturated heterocycles. The quantitative estimate of drug-likeness (QED) is 0.719. The van der Waals surface area contributed by atoms with Crippen LogP contribution in [0.25, 0.3) is 4.96 Å². The lowest BCUT2D eigenvalue weighted by atomic mass is 9.91. The van der Waals surface area contributed by atoms with Crippen LogP contribution in [-0.2, 0) is 0 Å². The molecule has 2 atom stereocenters. The van der Waals surface area contributed by atoms with E-state index in [4.69, 9.17) is 0 Å². The van der Waals surface area contributed by atoms with Gasteiger partial charge in [0.15, 0.2) is 4.96 Å². The number of amides is 2. The summed E-state index contributed by atoms with van der Waals surface area (Å²) in [5, 5.41) is 4.47. The SMILES string of the molecule is C[C@H]1C[C@H](C)CN(C(=O)c2ccccc2NC(=O)c2cnc3sccn3c2=O)C1. The average molecular weight is 410 g/mol. The van der Waals surface area contributed by atoms with Crippen LogP contribution in [-0.4, -0.2) is 39.2 Å². The van der Waals surface area contributed by atoms with Crippen LogP contribution in [0, 0.1) is 11.8 Å². The molecule has 8 heteroatoms. The number of nitrogens with one attached hydrogen (secondary N) is 1. The van der Waals surface area contributed by atoms with Gasteiger partial charge >= 0.3 is 0 Å². The first kappa shape index (κ1) is 19.3. The molecule has 1 fully saturated rings. The molecule has 1 aromatic carbocycles. The van der Waals surface area contributed by atoms with Gasteiger partial charge in [0.2, 0.25) is 0 Å². The molecule has 2 aromatic heterocycles. The zero-order valence-electron chi connectivity index (χ0n) is 16.3. The lowest BCUT2D eigenvalue weighted by Gasteiger charge is -2.35. The van der Waals surface area contributed by atoms with Crippen LogP contribution in [0.15, 0.2) is 46.8 Å². The lowest BCUT2D eigenvalue weighted by molar-refractivity contribution is 0.0624. The van der Waals surface area contributed by atoms with Gasteiger partial charge in [0.1, 0.15) is 5.56 Å². The van der Waals surface area contributed by atoms with E-state index in [-0.39, 0.29) is 11.5 Å². The van der Waals surface area contributed by atoms with Crippen LogP contribution in [0.2, 0.25) is 0 Å². The van der Waals surface area contributed by atoms with Crippen molar-refractivity contribution in [3.63, 3.8) is 0 Å². The molecule has 3 aromatic rings. The minimum Gasteiger partial charge on any atom is -0.338 e. The molecule has 0 saturated carbocycles. The van der Waals surface area contributed by atoms with Crippen molar-refractivity contribution >= 4 is 33.8 Å². The smallest absolute Gasteiger partial charge is 0.271 e. The summed E-state index contributed by atoms with van der Waals surface area (Å²) in [6.07, 6.45) is 3.97. The number of nitrogens with zero attached hydrogens (tertiary/aromatic N) is 3. The Labute approximate surface area is 172 Å². The Hall–Kier alpha value is -3.00. The Morgan fingerprint density at radius 3 is 2.62 bits per heavy atom. The molecule has 3 heterocycles. The summed E-state index contributed by atoms with van der Waals surface area (Å²) in [4.78, 5) is 45.0. The number of hydrogen-bond acceptors (Lipinski definition) is 5. The molecule has 4 rings (SSSR count). The van der Waals surface area contributed by atoms with Crippen LogP contribution < -0.4 is 10.9 Å². The number of rotatable bonds is 3. The van der Waals surface area contributed by atoms with Crippen molar-refractivity contribution in [1.29, 1.82) is 0 Å². The summed E-state index contributed by atoms with van der Waals surface area (Å²) in [5.74, 6) is 0.187. The molecule has 150 valence electrons. The molecule has 29 heavy (non-hydrogen) atoms. The summed E-state index contributed by atoms with van der Waals surface area (Å²) in [6.45, 7) is 5.69. The molecular weight excluding hydrogens is 388 g/mol. The highest BCUT2D eigenvalue weighted by molar-refractivity contribution is 7.15. The summed E-state index contributed by atoms with van der Waals surface area (Å²) in [6, 6.07) is 6.90. The van der Waals surface area contributed by atoms with Gasteiger partial charge in [-0.3, -0.25) is 18.8 Å². The molecular formula is C21H22N4O3S. The van der Waals surface area contributed by atoms with Gasteiger partial charge in [-0.25, -0.2) is 4.98 Å². The number of aromatic nitrogens is 2. The highest BCUT2D eigenvalue weighted by Crippen LogP contribution is 2.25. The van der Waals surface area contributed by atoms with Crippen molar-refractivity contribution in [2.45, 2.75) is 20.3 Å². The zero-order chi connectivity index (χ0) is 20.5. The Kier molecular flexibility index (Phi) is 5.19. The first-order valence-corrected chi connectivity index (χ1v) is 10.5. The molecule has 2 amide bonds. The van der Waals surface area contributed by atoms with Crippen LogP contribution in [0.1, 0.15) is 41.0 Å². The van der Waals surface area contributed by atoms with Gasteiger partial charge in [-0.15, -0.1) is 11.3 Å². The fraction of sp³-hybridized carbons (Fsp3) is 0.333. The van der Waals surface area contributed by atoms with E-state index in [1.165, 1.54) is 21.9 Å². The number of fused-ring (bicyclic) bond motifs is 1. The first-order chi connectivity index (χ1) is 13.9. The van der Waals surface area contributed by atoms with Crippen LogP contribution in [0.4, 0.5) is 5.69 Å². The molecule has 0 radical (unpaired) electrons. The maximum absolute atomic E-state index is 13.1. The number of hydrogen-bond donors (Lipinski definition) is 1. The van der Waals surface area contributed by atoms with E-state index in [1.807, 2.05) is 4.90 Å². The van der Waals surface area contributed by atoms with Crippen molar-refractivity contribution in [2.24, 2.45) is 11.8 Å². The van der Waals surface area contributed by atoms with Crippen molar-refractivity contribution in [3.8, 4) is 0 Å². The molecule has 1 aliphatic rings. The third kappa shape index (κ3) is 3.80. The average Bonchev–Trinajstić information content (AvgIpc) is 3.17. The second kappa shape index (κ2) is 7.79. The molecule has 7 nitrogen and oxygen atoms in total. The van der Waals surface area contributed by atoms with Gasteiger partial charge in [-0.05, 0) is 30.4 Å². The summed E-state index contributed by atoms with van der Waals surface area (Å²) in [5.41, 5.74) is 0.314. The second-order valence-corrected chi connectivity index (χ2v) is 8.56. The summed E-state index contributed by atoms with van der Waals surface area (Å²) in [7, 11) is 0. The monoisotopic (exact) mass is 410 g/mol. The van der Waals surface area contributed by atoms with Gasteiger partial charge < -0.3 is 10.2 Å². The summed E-state index contributed by atoms with van der Waals surface area (Å²) >= 11 is 1.32. The largest absolute Gasteiger partial charge is 0.338 e. The highest BCUT2D eigenvalue weighted by Gasteiger charge is 2.27. The number of para-hydroxylation sites is 1. The van der Waals surface area contributed by atoms with Gasteiger partial charge in [0.05, 0.1) is 11.3 Å². The fourth-order valence-electron chi connectivity index (χ4n) is 3.95. The van der Waals surface area contributed by atoms with Crippen molar-refractivity contribution < 1.29 is 9.59 Å². The molecule has 0 spiro atoms. The van der Waals surface area contributed by atoms with Crippen LogP contribution in [0.5, 0.6) is 0 Å². The molecule has 0 unspecified atom stereocenters. The van der Waals surface area contributed by atoms with Gasteiger partial charge in [0.25, 0.3) is 17.4 Å². The van der Waals surface area contributed by atoms with E-state index in [1.54, 1.807) is 35.8 Å². The van der Waals surface area contributed by atoms with Gasteiger partial charge in [-0.1, -0.05) is 26.0 Å². The van der Waals surface area contributed by atoms with E-state index >= 15 is 0 Å². The number of likely N-dealkylation sites (tertiary alicyclic amines) is 1. The Morgan fingerprint density at radius 1 is 1.14 bits per heavy atom. The molecule has 0 bridgehead atoms. The summed E-state index contributed by atoms with van der Waals surface area (Å²) < 4.78 is 1.34. The number of carbonyl (C=O) groups is 2. The minimum absolute atomic E-state index is 0.0663. The van der Waals surface area contributed by atoms with Crippen molar-refractivity contribution in [3.05, 3.63) is 63.5 Å². The molecule has 1 N–H and O–H groups in total. The zero-order valence-corrected chi connectivity index (χ0v) is 17.1. The van der Waals surface area contributed by atoms with E-state index in [9.17, 15) is 14.4 Å². The second-order valence-electron chi connectivity index (χ2n) is 7.69. The first-order valence-electron chi connectivity index (χ1n) is 9.58. The lowest BCUT2D eigenvalue weighted by Crippen LogP contribution is -2.42. The molecule has 0 aliphatic carbocycles. The number of anilines is 1. The number of carbonyl (C=O) groups excluding carboxylic acids is 2. The fourth-order valence-corrected chi connectivity index (χ4v) is 4.62. The van der Waals surface area contributed by atoms with Crippen molar-refractivity contribution in [1.82, 2.24) is 14.3 Å². The topological polar surface area (TPSA) is 83.8 Å². The van der Waals surface area contributed by atoms with E-state index in [2.05, 4.69) is 24.1 Å². The highest BCUT2D eigenvalue weighted by atomic mass is 32.1. The van der Waals surface area contributed by atoms with E-state index in [0.717, 1.165) is 6.42 Å². The van der Waals surface area contributed by atoms with Crippen LogP contribution in [0.3, 0.4) is 0 Å². The minimum atomic E-state index is -0.580. The third-order valence-electron chi connectivity index (χ3n) is 5.15.